The van der Waals surface area contributed by atoms with Crippen LogP contribution >= 0.6 is 0 Å². The van der Waals surface area contributed by atoms with Gasteiger partial charge in [-0.05, 0) is 38.3 Å². The Morgan fingerprint density at radius 1 is 1.36 bits per heavy atom. The minimum atomic E-state index is 0.358. The summed E-state index contributed by atoms with van der Waals surface area (Å²) in [4.78, 5) is 11.2. The van der Waals surface area contributed by atoms with Crippen LogP contribution in [-0.2, 0) is 17.7 Å². The molecule has 1 saturated heterocycles. The third-order valence-electron chi connectivity index (χ3n) is 5.25. The van der Waals surface area contributed by atoms with E-state index in [1.165, 1.54) is 25.9 Å². The second-order valence-electron chi connectivity index (χ2n) is 6.97. The van der Waals surface area contributed by atoms with E-state index in [9.17, 15) is 0 Å². The van der Waals surface area contributed by atoms with Crippen molar-refractivity contribution in [2.24, 2.45) is 10.9 Å². The van der Waals surface area contributed by atoms with Crippen molar-refractivity contribution in [2.45, 2.75) is 38.3 Å². The first-order chi connectivity index (χ1) is 12.3. The molecule has 0 aliphatic carbocycles. The molecule has 1 atom stereocenters. The normalized spacial score (nSPS) is 22.6. The summed E-state index contributed by atoms with van der Waals surface area (Å²) in [6.45, 7) is 6.05. The smallest absolute Gasteiger partial charge is 0.191 e. The summed E-state index contributed by atoms with van der Waals surface area (Å²) in [6, 6.07) is 0.358. The topological polar surface area (TPSA) is 79.6 Å². The molecule has 2 aliphatic heterocycles. The molecule has 0 radical (unpaired) electrons. The van der Waals surface area contributed by atoms with E-state index >= 15 is 0 Å². The predicted octanol–water partition coefficient (Wildman–Crippen LogP) is 0.116. The molecule has 8 heteroatoms. The maximum Gasteiger partial charge on any atom is 0.191 e. The van der Waals surface area contributed by atoms with Gasteiger partial charge in [0, 0.05) is 39.7 Å². The lowest BCUT2D eigenvalue weighted by Crippen LogP contribution is -2.48. The van der Waals surface area contributed by atoms with Crippen molar-refractivity contribution in [1.29, 1.82) is 0 Å². The molecule has 0 saturated carbocycles. The Morgan fingerprint density at radius 3 is 2.96 bits per heavy atom. The van der Waals surface area contributed by atoms with Crippen molar-refractivity contribution in [1.82, 2.24) is 30.3 Å². The molecule has 1 unspecified atom stereocenters. The van der Waals surface area contributed by atoms with Gasteiger partial charge in [-0.15, -0.1) is 0 Å². The molecule has 8 nitrogen and oxygen atoms in total. The molecule has 0 spiro atoms. The van der Waals surface area contributed by atoms with E-state index < -0.39 is 0 Å². The highest BCUT2D eigenvalue weighted by molar-refractivity contribution is 5.79. The third-order valence-corrected chi connectivity index (χ3v) is 5.25. The number of likely N-dealkylation sites (tertiary alicyclic amines) is 1. The molecule has 3 heterocycles. The third kappa shape index (κ3) is 5.15. The van der Waals surface area contributed by atoms with E-state index in [2.05, 4.69) is 30.6 Å². The maximum atomic E-state index is 5.17. The highest BCUT2D eigenvalue weighted by Crippen LogP contribution is 2.16. The van der Waals surface area contributed by atoms with Gasteiger partial charge in [0.1, 0.15) is 12.2 Å². The van der Waals surface area contributed by atoms with Crippen LogP contribution in [0.4, 0.5) is 0 Å². The molecule has 1 aromatic rings. The van der Waals surface area contributed by atoms with Crippen molar-refractivity contribution >= 4 is 5.96 Å². The van der Waals surface area contributed by atoms with Gasteiger partial charge in [0.15, 0.2) is 5.96 Å². The minimum absolute atomic E-state index is 0.358. The van der Waals surface area contributed by atoms with Crippen LogP contribution in [0.2, 0.25) is 0 Å². The molecule has 140 valence electrons. The average Bonchev–Trinajstić information content (AvgIpc) is 3.12. The predicted molar refractivity (Wildman–Crippen MR) is 97.7 cm³/mol. The van der Waals surface area contributed by atoms with Gasteiger partial charge in [-0.25, -0.2) is 9.67 Å². The lowest BCUT2D eigenvalue weighted by molar-refractivity contribution is 0.121. The number of ether oxygens (including phenoxy) is 1. The van der Waals surface area contributed by atoms with Gasteiger partial charge < -0.3 is 20.3 Å². The fraction of sp³-hybridized carbons (Fsp3) is 0.824. The van der Waals surface area contributed by atoms with Crippen LogP contribution < -0.4 is 10.6 Å². The summed E-state index contributed by atoms with van der Waals surface area (Å²) in [7, 11) is 3.61. The maximum absolute atomic E-state index is 5.17. The monoisotopic (exact) mass is 349 g/mol. The van der Waals surface area contributed by atoms with E-state index in [1.54, 1.807) is 13.4 Å². The molecule has 3 rings (SSSR count). The zero-order valence-corrected chi connectivity index (χ0v) is 15.4. The lowest BCUT2D eigenvalue weighted by Gasteiger charge is -2.32. The molecular weight excluding hydrogens is 318 g/mol. The van der Waals surface area contributed by atoms with Crippen LogP contribution in [0.15, 0.2) is 11.3 Å². The Bertz CT molecular complexity index is 551. The molecule has 2 aliphatic rings. The fourth-order valence-electron chi connectivity index (χ4n) is 3.62. The number of piperidine rings is 1. The second kappa shape index (κ2) is 9.15. The summed E-state index contributed by atoms with van der Waals surface area (Å²) in [6.07, 6.45) is 6.15. The average molecular weight is 349 g/mol. The Morgan fingerprint density at radius 2 is 2.20 bits per heavy atom. The first-order valence-electron chi connectivity index (χ1n) is 9.33. The lowest BCUT2D eigenvalue weighted by atomic mass is 9.97. The number of fused-ring (bicyclic) bond motifs is 1. The van der Waals surface area contributed by atoms with Crippen LogP contribution in [0.1, 0.15) is 25.1 Å². The molecule has 1 aromatic heterocycles. The van der Waals surface area contributed by atoms with Crippen molar-refractivity contribution in [3.05, 3.63) is 12.2 Å². The van der Waals surface area contributed by atoms with Gasteiger partial charge in [-0.2, -0.15) is 5.10 Å². The Kier molecular flexibility index (Phi) is 6.63. The molecular formula is C17H31N7O. The van der Waals surface area contributed by atoms with Gasteiger partial charge >= 0.3 is 0 Å². The van der Waals surface area contributed by atoms with Gasteiger partial charge in [-0.1, -0.05) is 0 Å². The van der Waals surface area contributed by atoms with Gasteiger partial charge in [-0.3, -0.25) is 4.99 Å². The SMILES string of the molecule is CN=C(NCC1CCN(CCOC)CC1)NC1CCc2ncnn2C1. The molecule has 25 heavy (non-hydrogen) atoms. The number of nitrogens with one attached hydrogen (secondary N) is 2. The number of hydrogen-bond acceptors (Lipinski definition) is 5. The van der Waals surface area contributed by atoms with E-state index in [0.29, 0.717) is 12.0 Å². The van der Waals surface area contributed by atoms with Crippen molar-refractivity contribution in [3.8, 4) is 0 Å². The number of hydrogen-bond donors (Lipinski definition) is 2. The molecule has 0 aromatic carbocycles. The van der Waals surface area contributed by atoms with Crippen LogP contribution in [0.3, 0.4) is 0 Å². The fourth-order valence-corrected chi connectivity index (χ4v) is 3.62. The van der Waals surface area contributed by atoms with Gasteiger partial charge in [0.2, 0.25) is 0 Å². The molecule has 2 N–H and O–H groups in total. The highest BCUT2D eigenvalue weighted by atomic mass is 16.5. The minimum Gasteiger partial charge on any atom is -0.383 e. The van der Waals surface area contributed by atoms with E-state index in [4.69, 9.17) is 4.74 Å². The molecule has 0 amide bonds. The number of aryl methyl sites for hydroxylation is 1. The number of rotatable bonds is 6. The molecule has 1 fully saturated rings. The van der Waals surface area contributed by atoms with Gasteiger partial charge in [0.05, 0.1) is 13.2 Å². The summed E-state index contributed by atoms with van der Waals surface area (Å²) < 4.78 is 7.16. The number of methoxy groups -OCH3 is 1. The van der Waals surface area contributed by atoms with Crippen LogP contribution in [-0.4, -0.2) is 78.6 Å². The first kappa shape index (κ1) is 18.1. The summed E-state index contributed by atoms with van der Waals surface area (Å²) in [5.74, 6) is 2.70. The van der Waals surface area contributed by atoms with Gasteiger partial charge in [0.25, 0.3) is 0 Å². The Balaban J connectivity index is 1.37. The van der Waals surface area contributed by atoms with Crippen LogP contribution in [0.25, 0.3) is 0 Å². The largest absolute Gasteiger partial charge is 0.383 e. The Hall–Kier alpha value is -1.67. The quantitative estimate of drug-likeness (QED) is 0.561. The van der Waals surface area contributed by atoms with Crippen molar-refractivity contribution < 1.29 is 4.74 Å². The summed E-state index contributed by atoms with van der Waals surface area (Å²) in [5, 5.41) is 11.3. The van der Waals surface area contributed by atoms with E-state index in [1.807, 2.05) is 11.7 Å². The number of guanidine groups is 1. The van der Waals surface area contributed by atoms with Crippen molar-refractivity contribution in [3.63, 3.8) is 0 Å². The Labute approximate surface area is 150 Å². The number of aliphatic imine (C=N–C) groups is 1. The summed E-state index contributed by atoms with van der Waals surface area (Å²) >= 11 is 0. The first-order valence-corrected chi connectivity index (χ1v) is 9.33. The number of aromatic nitrogens is 3. The van der Waals surface area contributed by atoms with Crippen LogP contribution in [0, 0.1) is 5.92 Å². The van der Waals surface area contributed by atoms with E-state index in [0.717, 1.165) is 50.9 Å². The van der Waals surface area contributed by atoms with E-state index in [-0.39, 0.29) is 0 Å². The highest BCUT2D eigenvalue weighted by Gasteiger charge is 2.22. The zero-order chi connectivity index (χ0) is 17.5. The second-order valence-corrected chi connectivity index (χ2v) is 6.97. The number of nitrogens with zero attached hydrogens (tertiary/aromatic N) is 5. The zero-order valence-electron chi connectivity index (χ0n) is 15.4. The summed E-state index contributed by atoms with van der Waals surface area (Å²) in [5.41, 5.74) is 0. The standard InChI is InChI=1S/C17H31N7O/c1-18-17(22-15-3-4-16-20-13-21-24(16)12-15)19-11-14-5-7-23(8-6-14)9-10-25-2/h13-15H,3-12H2,1-2H3,(H2,18,19,22). The van der Waals surface area contributed by atoms with Crippen molar-refractivity contribution in [2.75, 3.05) is 46.9 Å². The van der Waals surface area contributed by atoms with Crippen LogP contribution in [0.5, 0.6) is 0 Å². The molecule has 0 bridgehead atoms.